The quantitative estimate of drug-likeness (QED) is 0.512. The second kappa shape index (κ2) is 9.54. The SMILES string of the molecule is Cc1ccc(N(CC(C)C)S(=O)(=O)c2ccc3nn(CC4CCOCC4)cc3c2)c(C#N)c1. The summed E-state index contributed by atoms with van der Waals surface area (Å²) in [6.07, 6.45) is 3.94. The van der Waals surface area contributed by atoms with E-state index in [0.717, 1.165) is 49.1 Å². The highest BCUT2D eigenvalue weighted by molar-refractivity contribution is 7.92. The second-order valence-corrected chi connectivity index (χ2v) is 11.1. The first-order chi connectivity index (χ1) is 15.8. The molecule has 1 aliphatic rings. The second-order valence-electron chi connectivity index (χ2n) is 9.19. The first-order valence-electron chi connectivity index (χ1n) is 11.4. The molecule has 8 heteroatoms. The van der Waals surface area contributed by atoms with Crippen LogP contribution in [-0.2, 0) is 21.3 Å². The third kappa shape index (κ3) is 5.05. The van der Waals surface area contributed by atoms with Gasteiger partial charge in [-0.25, -0.2) is 8.42 Å². The van der Waals surface area contributed by atoms with Crippen LogP contribution in [0.2, 0.25) is 0 Å². The Morgan fingerprint density at radius 3 is 2.67 bits per heavy atom. The van der Waals surface area contributed by atoms with Crippen LogP contribution in [0.15, 0.2) is 47.5 Å². The zero-order chi connectivity index (χ0) is 23.6. The van der Waals surface area contributed by atoms with Crippen molar-refractivity contribution in [2.24, 2.45) is 11.8 Å². The number of ether oxygens (including phenoxy) is 1. The topological polar surface area (TPSA) is 88.2 Å². The Morgan fingerprint density at radius 2 is 1.97 bits per heavy atom. The summed E-state index contributed by atoms with van der Waals surface area (Å²) in [5.74, 6) is 0.599. The third-order valence-electron chi connectivity index (χ3n) is 5.97. The molecule has 0 atom stereocenters. The normalized spacial score (nSPS) is 15.1. The summed E-state index contributed by atoms with van der Waals surface area (Å²) >= 11 is 0. The smallest absolute Gasteiger partial charge is 0.264 e. The van der Waals surface area contributed by atoms with Crippen molar-refractivity contribution in [1.29, 1.82) is 5.26 Å². The van der Waals surface area contributed by atoms with Crippen molar-refractivity contribution in [3.05, 3.63) is 53.7 Å². The maximum Gasteiger partial charge on any atom is 0.264 e. The van der Waals surface area contributed by atoms with E-state index in [1.807, 2.05) is 37.7 Å². The molecule has 3 aromatic rings. The van der Waals surface area contributed by atoms with Gasteiger partial charge in [-0.15, -0.1) is 0 Å². The Bertz CT molecular complexity index is 1280. The number of aryl methyl sites for hydroxylation is 1. The molecule has 0 N–H and O–H groups in total. The minimum Gasteiger partial charge on any atom is -0.381 e. The van der Waals surface area contributed by atoms with Gasteiger partial charge in [-0.3, -0.25) is 8.99 Å². The van der Waals surface area contributed by atoms with E-state index in [2.05, 4.69) is 11.2 Å². The zero-order valence-electron chi connectivity index (χ0n) is 19.4. The first-order valence-corrected chi connectivity index (χ1v) is 12.8. The van der Waals surface area contributed by atoms with Crippen molar-refractivity contribution in [1.82, 2.24) is 9.78 Å². The molecule has 1 fully saturated rings. The van der Waals surface area contributed by atoms with E-state index < -0.39 is 10.0 Å². The number of nitriles is 1. The number of hydrogen-bond donors (Lipinski definition) is 0. The number of rotatable bonds is 7. The van der Waals surface area contributed by atoms with Gasteiger partial charge in [0, 0.05) is 37.9 Å². The summed E-state index contributed by atoms with van der Waals surface area (Å²) < 4.78 is 36.2. The monoisotopic (exact) mass is 466 g/mol. The molecule has 33 heavy (non-hydrogen) atoms. The van der Waals surface area contributed by atoms with Crippen molar-refractivity contribution in [3.63, 3.8) is 0 Å². The Morgan fingerprint density at radius 1 is 1.21 bits per heavy atom. The van der Waals surface area contributed by atoms with Crippen LogP contribution in [0, 0.1) is 30.1 Å². The molecule has 0 aliphatic carbocycles. The number of sulfonamides is 1. The van der Waals surface area contributed by atoms with Gasteiger partial charge in [0.1, 0.15) is 6.07 Å². The average Bonchev–Trinajstić information content (AvgIpc) is 3.19. The van der Waals surface area contributed by atoms with Gasteiger partial charge < -0.3 is 4.74 Å². The van der Waals surface area contributed by atoms with Crippen molar-refractivity contribution in [2.45, 2.75) is 45.1 Å². The Kier molecular flexibility index (Phi) is 6.73. The van der Waals surface area contributed by atoms with E-state index in [-0.39, 0.29) is 17.4 Å². The van der Waals surface area contributed by atoms with Crippen molar-refractivity contribution < 1.29 is 13.2 Å². The van der Waals surface area contributed by atoms with E-state index in [0.29, 0.717) is 17.2 Å². The van der Waals surface area contributed by atoms with E-state index in [1.165, 1.54) is 4.31 Å². The number of nitrogens with zero attached hydrogens (tertiary/aromatic N) is 4. The molecule has 1 aromatic heterocycles. The molecule has 174 valence electrons. The third-order valence-corrected chi connectivity index (χ3v) is 7.75. The molecule has 0 saturated carbocycles. The van der Waals surface area contributed by atoms with E-state index in [9.17, 15) is 13.7 Å². The lowest BCUT2D eigenvalue weighted by Crippen LogP contribution is -2.34. The maximum atomic E-state index is 13.8. The zero-order valence-corrected chi connectivity index (χ0v) is 20.2. The van der Waals surface area contributed by atoms with Gasteiger partial charge in [0.05, 0.1) is 21.7 Å². The minimum atomic E-state index is -3.88. The van der Waals surface area contributed by atoms with E-state index in [1.54, 1.807) is 30.3 Å². The lowest BCUT2D eigenvalue weighted by Gasteiger charge is -2.27. The van der Waals surface area contributed by atoms with Gasteiger partial charge in [0.2, 0.25) is 0 Å². The number of anilines is 1. The predicted molar refractivity (Wildman–Crippen MR) is 129 cm³/mol. The molecule has 0 unspecified atom stereocenters. The number of benzene rings is 2. The predicted octanol–water partition coefficient (Wildman–Crippen LogP) is 4.49. The Balaban J connectivity index is 1.70. The molecule has 0 amide bonds. The average molecular weight is 467 g/mol. The maximum absolute atomic E-state index is 13.8. The van der Waals surface area contributed by atoms with E-state index >= 15 is 0 Å². The molecule has 0 spiro atoms. The van der Waals surface area contributed by atoms with Crippen molar-refractivity contribution >= 4 is 26.6 Å². The summed E-state index contributed by atoms with van der Waals surface area (Å²) in [6.45, 7) is 8.46. The summed E-state index contributed by atoms with van der Waals surface area (Å²) in [6, 6.07) is 12.5. The first kappa shape index (κ1) is 23.3. The van der Waals surface area contributed by atoms with Crippen LogP contribution in [-0.4, -0.2) is 38.0 Å². The fraction of sp³-hybridized carbons (Fsp3) is 0.440. The number of aromatic nitrogens is 2. The van der Waals surface area contributed by atoms with Gasteiger partial charge >= 0.3 is 0 Å². The Labute approximate surface area is 195 Å². The Hall–Kier alpha value is -2.89. The highest BCUT2D eigenvalue weighted by Crippen LogP contribution is 2.30. The van der Waals surface area contributed by atoms with Crippen LogP contribution >= 0.6 is 0 Å². The molecule has 0 radical (unpaired) electrons. The summed E-state index contributed by atoms with van der Waals surface area (Å²) in [4.78, 5) is 0.200. The van der Waals surface area contributed by atoms with Crippen LogP contribution in [0.1, 0.15) is 37.8 Å². The minimum absolute atomic E-state index is 0.0820. The van der Waals surface area contributed by atoms with Gasteiger partial charge in [0.25, 0.3) is 10.0 Å². The van der Waals surface area contributed by atoms with Crippen LogP contribution in [0.25, 0.3) is 10.9 Å². The highest BCUT2D eigenvalue weighted by atomic mass is 32.2. The van der Waals surface area contributed by atoms with Gasteiger partial charge in [-0.05, 0) is 67.5 Å². The molecule has 7 nitrogen and oxygen atoms in total. The van der Waals surface area contributed by atoms with Crippen LogP contribution in [0.4, 0.5) is 5.69 Å². The standard InChI is InChI=1S/C25H30N4O3S/c1-18(2)15-29(25-7-4-19(3)12-21(25)14-26)33(30,31)23-5-6-24-22(13-23)17-28(27-24)16-20-8-10-32-11-9-20/h4-7,12-13,17-18,20H,8-11,15-16H2,1-3H3. The lowest BCUT2D eigenvalue weighted by atomic mass is 10.0. The van der Waals surface area contributed by atoms with Gasteiger partial charge in [-0.1, -0.05) is 19.9 Å². The fourth-order valence-corrected chi connectivity index (χ4v) is 5.93. The lowest BCUT2D eigenvalue weighted by molar-refractivity contribution is 0.0602. The molecular weight excluding hydrogens is 436 g/mol. The van der Waals surface area contributed by atoms with Gasteiger partial charge in [0.15, 0.2) is 0 Å². The molecule has 4 rings (SSSR count). The summed E-state index contributed by atoms with van der Waals surface area (Å²) in [7, 11) is -3.88. The molecule has 2 aromatic carbocycles. The molecule has 0 bridgehead atoms. The fourth-order valence-electron chi connectivity index (χ4n) is 4.24. The molecular formula is C25H30N4O3S. The van der Waals surface area contributed by atoms with Crippen molar-refractivity contribution in [2.75, 3.05) is 24.1 Å². The van der Waals surface area contributed by atoms with Gasteiger partial charge in [-0.2, -0.15) is 10.4 Å². The van der Waals surface area contributed by atoms with Crippen molar-refractivity contribution in [3.8, 4) is 6.07 Å². The van der Waals surface area contributed by atoms with Crippen LogP contribution in [0.5, 0.6) is 0 Å². The largest absolute Gasteiger partial charge is 0.381 e. The van der Waals surface area contributed by atoms with E-state index in [4.69, 9.17) is 4.74 Å². The number of fused-ring (bicyclic) bond motifs is 1. The number of hydrogen-bond acceptors (Lipinski definition) is 5. The van der Waals surface area contributed by atoms with Crippen LogP contribution in [0.3, 0.4) is 0 Å². The molecule has 1 saturated heterocycles. The van der Waals surface area contributed by atoms with Crippen LogP contribution < -0.4 is 4.31 Å². The highest BCUT2D eigenvalue weighted by Gasteiger charge is 2.28. The molecule has 1 aliphatic heterocycles. The molecule has 2 heterocycles. The summed E-state index contributed by atoms with van der Waals surface area (Å²) in [5, 5.41) is 15.1. The summed E-state index contributed by atoms with van der Waals surface area (Å²) in [5.41, 5.74) is 2.44.